The molecule has 0 aliphatic carbocycles. The van der Waals surface area contributed by atoms with Crippen molar-refractivity contribution in [3.8, 4) is 0 Å². The third-order valence-electron chi connectivity index (χ3n) is 2.21. The van der Waals surface area contributed by atoms with E-state index in [0.717, 1.165) is 24.2 Å². The van der Waals surface area contributed by atoms with Crippen molar-refractivity contribution in [2.45, 2.75) is 24.0 Å². The van der Waals surface area contributed by atoms with Gasteiger partial charge in [0.05, 0.1) is 4.88 Å². The van der Waals surface area contributed by atoms with E-state index < -0.39 is 10.0 Å². The summed E-state index contributed by atoms with van der Waals surface area (Å²) in [5.74, 6) is 0. The third-order valence-corrected chi connectivity index (χ3v) is 5.54. The first-order valence-corrected chi connectivity index (χ1v) is 7.29. The van der Waals surface area contributed by atoms with Crippen LogP contribution in [0, 0.1) is 0 Å². The molecule has 0 unspecified atom stereocenters. The second kappa shape index (κ2) is 5.56. The number of aldehydes is 1. The highest BCUT2D eigenvalue weighted by Gasteiger charge is 2.21. The van der Waals surface area contributed by atoms with Crippen molar-refractivity contribution in [3.05, 3.63) is 17.0 Å². The summed E-state index contributed by atoms with van der Waals surface area (Å²) >= 11 is 1.00. The number of nitrogens with zero attached hydrogens (tertiary/aromatic N) is 1. The first kappa shape index (κ1) is 13.3. The Balaban J connectivity index is 2.88. The molecule has 0 atom stereocenters. The fourth-order valence-electron chi connectivity index (χ4n) is 1.19. The van der Waals surface area contributed by atoms with Crippen LogP contribution in [0.2, 0.25) is 0 Å². The SMILES string of the molecule is CCCCN(C)S(=O)(=O)c1ccc(C=O)s1. The molecule has 0 saturated carbocycles. The minimum absolute atomic E-state index is 0.230. The van der Waals surface area contributed by atoms with Gasteiger partial charge >= 0.3 is 0 Å². The van der Waals surface area contributed by atoms with Gasteiger partial charge in [0, 0.05) is 13.6 Å². The average molecular weight is 261 g/mol. The summed E-state index contributed by atoms with van der Waals surface area (Å²) in [4.78, 5) is 10.9. The monoisotopic (exact) mass is 261 g/mol. The topological polar surface area (TPSA) is 54.5 Å². The second-order valence-electron chi connectivity index (χ2n) is 3.45. The van der Waals surface area contributed by atoms with E-state index in [9.17, 15) is 13.2 Å². The zero-order chi connectivity index (χ0) is 12.2. The molecule has 0 saturated heterocycles. The summed E-state index contributed by atoms with van der Waals surface area (Å²) in [7, 11) is -1.85. The largest absolute Gasteiger partial charge is 0.297 e. The number of thiophene rings is 1. The lowest BCUT2D eigenvalue weighted by Crippen LogP contribution is -2.27. The molecule has 90 valence electrons. The van der Waals surface area contributed by atoms with Gasteiger partial charge in [-0.15, -0.1) is 11.3 Å². The van der Waals surface area contributed by atoms with Crippen molar-refractivity contribution >= 4 is 27.6 Å². The highest BCUT2D eigenvalue weighted by Crippen LogP contribution is 2.23. The van der Waals surface area contributed by atoms with E-state index in [1.807, 2.05) is 6.92 Å². The van der Waals surface area contributed by atoms with Gasteiger partial charge in [-0.2, -0.15) is 0 Å². The van der Waals surface area contributed by atoms with Gasteiger partial charge in [0.25, 0.3) is 10.0 Å². The lowest BCUT2D eigenvalue weighted by molar-refractivity contribution is 0.112. The summed E-state index contributed by atoms with van der Waals surface area (Å²) < 4.78 is 25.5. The van der Waals surface area contributed by atoms with Crippen LogP contribution in [0.4, 0.5) is 0 Å². The fourth-order valence-corrected chi connectivity index (χ4v) is 3.75. The standard InChI is InChI=1S/C10H15NO3S2/c1-3-4-7-11(2)16(13,14)10-6-5-9(8-12)15-10/h5-6,8H,3-4,7H2,1-2H3. The maximum absolute atomic E-state index is 12.0. The quantitative estimate of drug-likeness (QED) is 0.736. The Kier molecular flexibility index (Phi) is 4.64. The summed E-state index contributed by atoms with van der Waals surface area (Å²) in [5, 5.41) is 0. The molecule has 1 aromatic heterocycles. The van der Waals surface area contributed by atoms with Crippen LogP contribution in [0.1, 0.15) is 29.4 Å². The normalized spacial score (nSPS) is 11.9. The first-order chi connectivity index (χ1) is 7.52. The van der Waals surface area contributed by atoms with Crippen molar-refractivity contribution in [2.24, 2.45) is 0 Å². The summed E-state index contributed by atoms with van der Waals surface area (Å²) in [6, 6.07) is 3.00. The minimum Gasteiger partial charge on any atom is -0.297 e. The summed E-state index contributed by atoms with van der Waals surface area (Å²) in [6.45, 7) is 2.52. The van der Waals surface area contributed by atoms with E-state index in [2.05, 4.69) is 0 Å². The molecule has 0 aliphatic heterocycles. The van der Waals surface area contributed by atoms with E-state index in [-0.39, 0.29) is 4.21 Å². The molecule has 0 bridgehead atoms. The Hall–Kier alpha value is -0.720. The van der Waals surface area contributed by atoms with Crippen molar-refractivity contribution < 1.29 is 13.2 Å². The van der Waals surface area contributed by atoms with E-state index in [4.69, 9.17) is 0 Å². The van der Waals surface area contributed by atoms with Gasteiger partial charge in [0.1, 0.15) is 4.21 Å². The molecule has 0 N–H and O–H groups in total. The van der Waals surface area contributed by atoms with Crippen LogP contribution < -0.4 is 0 Å². The zero-order valence-corrected chi connectivity index (χ0v) is 11.0. The molecule has 0 fully saturated rings. The molecule has 0 radical (unpaired) electrons. The van der Waals surface area contributed by atoms with E-state index in [0.29, 0.717) is 17.7 Å². The van der Waals surface area contributed by atoms with Gasteiger partial charge in [0.15, 0.2) is 6.29 Å². The van der Waals surface area contributed by atoms with Gasteiger partial charge in [-0.05, 0) is 18.6 Å². The summed E-state index contributed by atoms with van der Waals surface area (Å²) in [6.07, 6.45) is 2.45. The molecular weight excluding hydrogens is 246 g/mol. The number of rotatable bonds is 6. The zero-order valence-electron chi connectivity index (χ0n) is 9.34. The Bertz CT molecular complexity index is 450. The molecule has 1 rings (SSSR count). The predicted octanol–water partition coefficient (Wildman–Crippen LogP) is 1.98. The van der Waals surface area contributed by atoms with Crippen molar-refractivity contribution in [1.82, 2.24) is 4.31 Å². The van der Waals surface area contributed by atoms with Gasteiger partial charge in [-0.3, -0.25) is 4.79 Å². The molecule has 0 spiro atoms. The Labute approximate surface area is 99.9 Å². The Morgan fingerprint density at radius 3 is 2.62 bits per heavy atom. The number of carbonyl (C=O) groups is 1. The van der Waals surface area contributed by atoms with Gasteiger partial charge in [-0.25, -0.2) is 12.7 Å². The fraction of sp³-hybridized carbons (Fsp3) is 0.500. The molecule has 1 aromatic rings. The molecule has 6 heteroatoms. The van der Waals surface area contributed by atoms with Crippen LogP contribution in [0.5, 0.6) is 0 Å². The van der Waals surface area contributed by atoms with Crippen LogP contribution >= 0.6 is 11.3 Å². The molecule has 16 heavy (non-hydrogen) atoms. The minimum atomic E-state index is -3.41. The van der Waals surface area contributed by atoms with Crippen LogP contribution in [-0.4, -0.2) is 32.6 Å². The Morgan fingerprint density at radius 2 is 2.12 bits per heavy atom. The second-order valence-corrected chi connectivity index (χ2v) is 6.84. The van der Waals surface area contributed by atoms with Gasteiger partial charge in [0.2, 0.25) is 0 Å². The lowest BCUT2D eigenvalue weighted by Gasteiger charge is -2.15. The van der Waals surface area contributed by atoms with Crippen LogP contribution in [-0.2, 0) is 10.0 Å². The first-order valence-electron chi connectivity index (χ1n) is 5.03. The van der Waals surface area contributed by atoms with Gasteiger partial charge < -0.3 is 0 Å². The molecule has 0 amide bonds. The number of sulfonamides is 1. The van der Waals surface area contributed by atoms with E-state index in [1.165, 1.54) is 16.4 Å². The smallest absolute Gasteiger partial charge is 0.252 e. The maximum Gasteiger partial charge on any atom is 0.252 e. The number of hydrogen-bond donors (Lipinski definition) is 0. The van der Waals surface area contributed by atoms with Crippen LogP contribution in [0.15, 0.2) is 16.3 Å². The molecule has 1 heterocycles. The van der Waals surface area contributed by atoms with Crippen LogP contribution in [0.25, 0.3) is 0 Å². The predicted molar refractivity (Wildman–Crippen MR) is 64.4 cm³/mol. The van der Waals surface area contributed by atoms with Crippen LogP contribution in [0.3, 0.4) is 0 Å². The van der Waals surface area contributed by atoms with Gasteiger partial charge in [-0.1, -0.05) is 13.3 Å². The molecule has 4 nitrogen and oxygen atoms in total. The van der Waals surface area contributed by atoms with E-state index >= 15 is 0 Å². The highest BCUT2D eigenvalue weighted by molar-refractivity contribution is 7.91. The van der Waals surface area contributed by atoms with Crippen molar-refractivity contribution in [2.75, 3.05) is 13.6 Å². The lowest BCUT2D eigenvalue weighted by atomic mass is 10.3. The van der Waals surface area contributed by atoms with Crippen molar-refractivity contribution in [3.63, 3.8) is 0 Å². The maximum atomic E-state index is 12.0. The third kappa shape index (κ3) is 2.90. The molecular formula is C10H15NO3S2. The van der Waals surface area contributed by atoms with Crippen molar-refractivity contribution in [1.29, 1.82) is 0 Å². The molecule has 0 aliphatic rings. The average Bonchev–Trinajstić information content (AvgIpc) is 2.74. The highest BCUT2D eigenvalue weighted by atomic mass is 32.2. The number of carbonyl (C=O) groups excluding carboxylic acids is 1. The van der Waals surface area contributed by atoms with E-state index in [1.54, 1.807) is 7.05 Å². The number of unbranched alkanes of at least 4 members (excludes halogenated alkanes) is 1. The Morgan fingerprint density at radius 1 is 1.44 bits per heavy atom. The molecule has 0 aromatic carbocycles. The number of hydrogen-bond acceptors (Lipinski definition) is 4. The summed E-state index contributed by atoms with van der Waals surface area (Å²) in [5.41, 5.74) is 0.